The topological polar surface area (TPSA) is 43.4 Å². The second kappa shape index (κ2) is 5.28. The van der Waals surface area contributed by atoms with E-state index in [0.29, 0.717) is 11.7 Å². The van der Waals surface area contributed by atoms with Crippen LogP contribution in [0.2, 0.25) is 0 Å². The van der Waals surface area contributed by atoms with E-state index in [1.807, 2.05) is 12.1 Å². The van der Waals surface area contributed by atoms with Gasteiger partial charge in [-0.05, 0) is 40.0 Å². The van der Waals surface area contributed by atoms with E-state index in [4.69, 9.17) is 4.74 Å². The average Bonchev–Trinajstić information content (AvgIpc) is 2.55. The third-order valence-electron chi connectivity index (χ3n) is 5.24. The first kappa shape index (κ1) is 15.7. The number of carbonyl (C=O) groups excluding carboxylic acids is 2. The number of aldehydes is 1. The van der Waals surface area contributed by atoms with Gasteiger partial charge in [0.05, 0.1) is 6.42 Å². The first-order chi connectivity index (χ1) is 9.71. The quantitative estimate of drug-likeness (QED) is 0.481. The highest BCUT2D eigenvalue weighted by atomic mass is 16.5. The summed E-state index contributed by atoms with van der Waals surface area (Å²) in [4.78, 5) is 21.9. The Morgan fingerprint density at radius 1 is 1.19 bits per heavy atom. The van der Waals surface area contributed by atoms with Crippen molar-refractivity contribution < 1.29 is 14.3 Å². The summed E-state index contributed by atoms with van der Waals surface area (Å²) in [6, 6.07) is 5.91. The molecule has 0 saturated heterocycles. The van der Waals surface area contributed by atoms with Crippen LogP contribution in [0.15, 0.2) is 18.2 Å². The molecule has 0 fully saturated rings. The number of hydrogen-bond donors (Lipinski definition) is 0. The lowest BCUT2D eigenvalue weighted by Gasteiger charge is -2.32. The zero-order valence-electron chi connectivity index (χ0n) is 13.5. The molecule has 3 nitrogen and oxygen atoms in total. The van der Waals surface area contributed by atoms with Gasteiger partial charge in [-0.25, -0.2) is 0 Å². The number of esters is 1. The van der Waals surface area contributed by atoms with Gasteiger partial charge in [0.2, 0.25) is 0 Å². The van der Waals surface area contributed by atoms with E-state index in [0.717, 1.165) is 6.29 Å². The Kier molecular flexibility index (Phi) is 3.96. The first-order valence-corrected chi connectivity index (χ1v) is 7.50. The van der Waals surface area contributed by atoms with E-state index in [1.54, 1.807) is 0 Å². The largest absolute Gasteiger partial charge is 0.427 e. The molecule has 1 aliphatic rings. The van der Waals surface area contributed by atoms with Crippen molar-refractivity contribution in [2.75, 3.05) is 0 Å². The summed E-state index contributed by atoms with van der Waals surface area (Å²) in [5.74, 6) is 0.716. The van der Waals surface area contributed by atoms with E-state index in [9.17, 15) is 9.59 Å². The van der Waals surface area contributed by atoms with Gasteiger partial charge in [0.1, 0.15) is 12.0 Å². The van der Waals surface area contributed by atoms with Crippen molar-refractivity contribution in [2.45, 2.75) is 58.3 Å². The van der Waals surface area contributed by atoms with Crippen LogP contribution in [0, 0.1) is 5.92 Å². The minimum absolute atomic E-state index is 0.0457. The maximum absolute atomic E-state index is 11.6. The Balaban J connectivity index is 2.30. The van der Waals surface area contributed by atoms with Crippen molar-refractivity contribution in [3.8, 4) is 5.75 Å². The number of benzene rings is 1. The summed E-state index contributed by atoms with van der Waals surface area (Å²) in [5.41, 5.74) is 2.73. The Labute approximate surface area is 126 Å². The molecule has 1 unspecified atom stereocenters. The van der Waals surface area contributed by atoms with Crippen LogP contribution in [0.5, 0.6) is 5.75 Å². The lowest BCUT2D eigenvalue weighted by Crippen LogP contribution is -2.30. The monoisotopic (exact) mass is 288 g/mol. The Morgan fingerprint density at radius 3 is 2.43 bits per heavy atom. The summed E-state index contributed by atoms with van der Waals surface area (Å²) in [7, 11) is 0. The molecule has 0 aliphatic heterocycles. The van der Waals surface area contributed by atoms with Crippen LogP contribution in [-0.4, -0.2) is 12.3 Å². The maximum atomic E-state index is 11.6. The van der Waals surface area contributed by atoms with E-state index in [2.05, 4.69) is 40.7 Å². The number of fused-ring (bicyclic) bond motifs is 1. The number of rotatable bonds is 4. The fourth-order valence-electron chi connectivity index (χ4n) is 3.41. The fourth-order valence-corrected chi connectivity index (χ4v) is 3.41. The summed E-state index contributed by atoms with van der Waals surface area (Å²) >= 11 is 0. The zero-order valence-corrected chi connectivity index (χ0v) is 13.5. The molecule has 0 bridgehead atoms. The van der Waals surface area contributed by atoms with Crippen LogP contribution in [-0.2, 0) is 20.4 Å². The molecule has 0 aromatic heterocycles. The standard InChI is InChI=1S/C18H24O3/c1-12-17(2,3)14-9-8-13(11-15(14)18(12,4)5)21-16(20)7-6-10-19/h8-12H,6-7H2,1-5H3. The molecule has 1 atom stereocenters. The molecular formula is C18H24O3. The van der Waals surface area contributed by atoms with Gasteiger partial charge < -0.3 is 9.53 Å². The van der Waals surface area contributed by atoms with E-state index in [1.165, 1.54) is 11.1 Å². The Hall–Kier alpha value is -1.64. The lowest BCUT2D eigenvalue weighted by molar-refractivity contribution is -0.135. The number of hydrogen-bond acceptors (Lipinski definition) is 3. The van der Waals surface area contributed by atoms with E-state index < -0.39 is 0 Å². The van der Waals surface area contributed by atoms with Gasteiger partial charge in [-0.3, -0.25) is 4.79 Å². The molecular weight excluding hydrogens is 264 g/mol. The molecule has 0 N–H and O–H groups in total. The van der Waals surface area contributed by atoms with Crippen LogP contribution in [0.25, 0.3) is 0 Å². The predicted octanol–water partition coefficient (Wildman–Crippen LogP) is 3.78. The molecule has 0 heterocycles. The molecule has 0 spiro atoms. The highest BCUT2D eigenvalue weighted by molar-refractivity contribution is 5.75. The van der Waals surface area contributed by atoms with Crippen molar-refractivity contribution >= 4 is 12.3 Å². The van der Waals surface area contributed by atoms with Crippen LogP contribution in [0.4, 0.5) is 0 Å². The van der Waals surface area contributed by atoms with Crippen LogP contribution in [0.3, 0.4) is 0 Å². The molecule has 114 valence electrons. The molecule has 1 aromatic rings. The molecule has 1 aliphatic carbocycles. The van der Waals surface area contributed by atoms with Gasteiger partial charge in [-0.1, -0.05) is 40.7 Å². The molecule has 2 rings (SSSR count). The number of ether oxygens (including phenoxy) is 1. The van der Waals surface area contributed by atoms with Gasteiger partial charge in [-0.2, -0.15) is 0 Å². The van der Waals surface area contributed by atoms with Crippen molar-refractivity contribution in [2.24, 2.45) is 5.92 Å². The smallest absolute Gasteiger partial charge is 0.311 e. The fraction of sp³-hybridized carbons (Fsp3) is 0.556. The minimum Gasteiger partial charge on any atom is -0.427 e. The van der Waals surface area contributed by atoms with Crippen molar-refractivity contribution in [1.29, 1.82) is 0 Å². The van der Waals surface area contributed by atoms with Gasteiger partial charge >= 0.3 is 5.97 Å². The van der Waals surface area contributed by atoms with Crippen molar-refractivity contribution in [1.82, 2.24) is 0 Å². The van der Waals surface area contributed by atoms with Gasteiger partial charge in [0.15, 0.2) is 0 Å². The molecule has 0 amide bonds. The highest BCUT2D eigenvalue weighted by Gasteiger charge is 2.48. The predicted molar refractivity (Wildman–Crippen MR) is 82.6 cm³/mol. The summed E-state index contributed by atoms with van der Waals surface area (Å²) in [6.07, 6.45) is 1.07. The SMILES string of the molecule is CC1C(C)(C)c2ccc(OC(=O)CCC=O)cc2C1(C)C. The molecule has 21 heavy (non-hydrogen) atoms. The summed E-state index contributed by atoms with van der Waals surface area (Å²) in [6.45, 7) is 11.3. The van der Waals surface area contributed by atoms with Crippen molar-refractivity contribution in [3.63, 3.8) is 0 Å². The van der Waals surface area contributed by atoms with Gasteiger partial charge in [0.25, 0.3) is 0 Å². The molecule has 0 saturated carbocycles. The van der Waals surface area contributed by atoms with E-state index in [-0.39, 0.29) is 29.6 Å². The highest BCUT2D eigenvalue weighted by Crippen LogP contribution is 2.54. The Morgan fingerprint density at radius 2 is 1.81 bits per heavy atom. The maximum Gasteiger partial charge on any atom is 0.311 e. The molecule has 0 radical (unpaired) electrons. The summed E-state index contributed by atoms with van der Waals surface area (Å²) < 4.78 is 5.34. The van der Waals surface area contributed by atoms with Gasteiger partial charge in [-0.15, -0.1) is 0 Å². The molecule has 1 aromatic carbocycles. The van der Waals surface area contributed by atoms with Crippen LogP contribution < -0.4 is 4.74 Å². The number of carbonyl (C=O) groups is 2. The lowest BCUT2D eigenvalue weighted by atomic mass is 9.71. The normalized spacial score (nSPS) is 21.7. The zero-order chi connectivity index (χ0) is 15.8. The van der Waals surface area contributed by atoms with Crippen LogP contribution in [0.1, 0.15) is 58.6 Å². The Bertz CT molecular complexity index is 570. The minimum atomic E-state index is -0.356. The van der Waals surface area contributed by atoms with Crippen molar-refractivity contribution in [3.05, 3.63) is 29.3 Å². The van der Waals surface area contributed by atoms with Gasteiger partial charge in [0, 0.05) is 6.42 Å². The van der Waals surface area contributed by atoms with E-state index >= 15 is 0 Å². The third kappa shape index (κ3) is 2.61. The first-order valence-electron chi connectivity index (χ1n) is 7.50. The summed E-state index contributed by atoms with van der Waals surface area (Å²) in [5, 5.41) is 0. The second-order valence-electron chi connectivity index (χ2n) is 7.05. The average molecular weight is 288 g/mol. The van der Waals surface area contributed by atoms with Crippen LogP contribution >= 0.6 is 0 Å². The third-order valence-corrected chi connectivity index (χ3v) is 5.24. The molecule has 3 heteroatoms. The second-order valence-corrected chi connectivity index (χ2v) is 7.05.